The lowest BCUT2D eigenvalue weighted by molar-refractivity contribution is -0.161. The van der Waals surface area contributed by atoms with E-state index in [1.165, 1.54) is 167 Å². The molecular formula is C64H119O11P. The molecule has 3 atom stereocenters. The molecule has 0 aliphatic rings. The van der Waals surface area contributed by atoms with Gasteiger partial charge in [0, 0.05) is 19.3 Å². The molecule has 0 spiro atoms. The van der Waals surface area contributed by atoms with Crippen LogP contribution in [-0.4, -0.2) is 66.5 Å². The molecule has 0 aromatic heterocycles. The Morgan fingerprint density at radius 2 is 0.645 bits per heavy atom. The van der Waals surface area contributed by atoms with Crippen molar-refractivity contribution in [1.82, 2.24) is 0 Å². The molecule has 0 radical (unpaired) electrons. The normalized spacial score (nSPS) is 13.5. The van der Waals surface area contributed by atoms with E-state index in [1.54, 1.807) is 0 Å². The smallest absolute Gasteiger partial charge is 0.462 e. The molecule has 0 bridgehead atoms. The van der Waals surface area contributed by atoms with Crippen LogP contribution in [0.1, 0.15) is 316 Å². The number of hydrogen-bond donors (Lipinski definition) is 2. The van der Waals surface area contributed by atoms with Crippen LogP contribution < -0.4 is 0 Å². The number of rotatable bonds is 60. The summed E-state index contributed by atoms with van der Waals surface area (Å²) < 4.78 is 39.6. The largest absolute Gasteiger partial charge is 0.472 e. The highest BCUT2D eigenvalue weighted by Gasteiger charge is 2.28. The molecule has 0 aliphatic carbocycles. The van der Waals surface area contributed by atoms with Gasteiger partial charge in [0.25, 0.3) is 0 Å². The Kier molecular flexibility index (Phi) is 57.1. The Balaban J connectivity index is 4.68. The molecule has 0 heterocycles. The zero-order chi connectivity index (χ0) is 55.5. The predicted molar refractivity (Wildman–Crippen MR) is 316 cm³/mol. The van der Waals surface area contributed by atoms with Gasteiger partial charge in [0.1, 0.15) is 12.7 Å². The molecule has 0 fully saturated rings. The average molecular weight is 1100 g/mol. The van der Waals surface area contributed by atoms with Crippen LogP contribution in [0.3, 0.4) is 0 Å². The number of hydrogen-bond acceptors (Lipinski definition) is 10. The number of allylic oxidation sites excluding steroid dienone is 6. The van der Waals surface area contributed by atoms with Crippen LogP contribution in [0.5, 0.6) is 0 Å². The zero-order valence-electron chi connectivity index (χ0n) is 49.5. The third-order valence-electron chi connectivity index (χ3n) is 14.1. The number of unbranched alkanes of at least 4 members (excludes halogenated alkanes) is 37. The van der Waals surface area contributed by atoms with Gasteiger partial charge in [0.2, 0.25) is 0 Å². The van der Waals surface area contributed by atoms with Gasteiger partial charge in [-0.3, -0.25) is 23.4 Å². The molecule has 446 valence electrons. The van der Waals surface area contributed by atoms with Gasteiger partial charge in [0.15, 0.2) is 6.10 Å². The average Bonchev–Trinajstić information content (AvgIpc) is 3.41. The summed E-state index contributed by atoms with van der Waals surface area (Å²) in [5.41, 5.74) is 0. The van der Waals surface area contributed by atoms with Crippen LogP contribution in [0.25, 0.3) is 0 Å². The number of ether oxygens (including phenoxy) is 3. The Labute approximate surface area is 467 Å². The van der Waals surface area contributed by atoms with Gasteiger partial charge >= 0.3 is 25.7 Å². The number of esters is 3. The summed E-state index contributed by atoms with van der Waals surface area (Å²) in [5, 5.41) is 9.82. The Bertz CT molecular complexity index is 1420. The van der Waals surface area contributed by atoms with Crippen molar-refractivity contribution in [3.05, 3.63) is 36.5 Å². The highest BCUT2D eigenvalue weighted by atomic mass is 31.2. The van der Waals surface area contributed by atoms with E-state index in [4.69, 9.17) is 23.3 Å². The molecular weight excluding hydrogens is 976 g/mol. The minimum absolute atomic E-state index is 0.157. The van der Waals surface area contributed by atoms with Crippen molar-refractivity contribution in [3.63, 3.8) is 0 Å². The zero-order valence-corrected chi connectivity index (χ0v) is 50.4. The van der Waals surface area contributed by atoms with E-state index in [0.29, 0.717) is 19.3 Å². The molecule has 0 saturated heterocycles. The Morgan fingerprint density at radius 3 is 1.01 bits per heavy atom. The monoisotopic (exact) mass is 1090 g/mol. The Morgan fingerprint density at radius 1 is 0.368 bits per heavy atom. The molecule has 0 aliphatic heterocycles. The van der Waals surface area contributed by atoms with Gasteiger partial charge in [0.05, 0.1) is 19.8 Å². The first kappa shape index (κ1) is 73.7. The van der Waals surface area contributed by atoms with Gasteiger partial charge in [-0.15, -0.1) is 0 Å². The Hall–Kier alpha value is -2.30. The van der Waals surface area contributed by atoms with Crippen molar-refractivity contribution >= 4 is 25.7 Å². The first-order valence-corrected chi connectivity index (χ1v) is 33.4. The van der Waals surface area contributed by atoms with Crippen molar-refractivity contribution in [2.45, 2.75) is 328 Å². The number of carbonyl (C=O) groups is 3. The molecule has 0 aromatic carbocycles. The molecule has 12 heteroatoms. The summed E-state index contributed by atoms with van der Waals surface area (Å²) in [7, 11) is -4.75. The molecule has 76 heavy (non-hydrogen) atoms. The number of aliphatic hydroxyl groups excluding tert-OH is 1. The summed E-state index contributed by atoms with van der Waals surface area (Å²) in [6, 6.07) is 0. The lowest BCUT2D eigenvalue weighted by Crippen LogP contribution is -2.30. The molecule has 0 aromatic rings. The second-order valence-electron chi connectivity index (χ2n) is 21.6. The van der Waals surface area contributed by atoms with E-state index in [9.17, 15) is 28.9 Å². The molecule has 0 saturated carbocycles. The summed E-state index contributed by atoms with van der Waals surface area (Å²) in [4.78, 5) is 48.7. The molecule has 3 unspecified atom stereocenters. The maximum absolute atomic E-state index is 12.9. The first-order valence-electron chi connectivity index (χ1n) is 31.9. The first-order chi connectivity index (χ1) is 37.2. The third-order valence-corrected chi connectivity index (χ3v) is 15.0. The number of phosphoric acid groups is 1. The van der Waals surface area contributed by atoms with Crippen molar-refractivity contribution in [1.29, 1.82) is 0 Å². The van der Waals surface area contributed by atoms with Crippen LogP contribution in [0.15, 0.2) is 36.5 Å². The third kappa shape index (κ3) is 56.4. The molecule has 2 N–H and O–H groups in total. The summed E-state index contributed by atoms with van der Waals surface area (Å²) >= 11 is 0. The van der Waals surface area contributed by atoms with Crippen LogP contribution in [0.2, 0.25) is 0 Å². The lowest BCUT2D eigenvalue weighted by atomic mass is 10.0. The lowest BCUT2D eigenvalue weighted by Gasteiger charge is -2.21. The van der Waals surface area contributed by atoms with Gasteiger partial charge in [-0.05, 0) is 57.8 Å². The fraction of sp³-hybridized carbons (Fsp3) is 0.859. The van der Waals surface area contributed by atoms with Crippen molar-refractivity contribution < 1.29 is 52.2 Å². The van der Waals surface area contributed by atoms with E-state index in [0.717, 1.165) is 89.9 Å². The van der Waals surface area contributed by atoms with E-state index in [1.807, 2.05) is 0 Å². The van der Waals surface area contributed by atoms with Gasteiger partial charge in [-0.25, -0.2) is 4.57 Å². The fourth-order valence-electron chi connectivity index (χ4n) is 9.19. The van der Waals surface area contributed by atoms with Crippen LogP contribution >= 0.6 is 7.82 Å². The molecule has 0 rings (SSSR count). The van der Waals surface area contributed by atoms with Gasteiger partial charge < -0.3 is 24.2 Å². The second-order valence-corrected chi connectivity index (χ2v) is 23.0. The fourth-order valence-corrected chi connectivity index (χ4v) is 9.97. The summed E-state index contributed by atoms with van der Waals surface area (Å²) in [6.07, 6.45) is 62.4. The van der Waals surface area contributed by atoms with Crippen molar-refractivity contribution in [2.75, 3.05) is 26.4 Å². The highest BCUT2D eigenvalue weighted by molar-refractivity contribution is 7.47. The van der Waals surface area contributed by atoms with E-state index in [2.05, 4.69) is 57.2 Å². The van der Waals surface area contributed by atoms with Crippen molar-refractivity contribution in [3.8, 4) is 0 Å². The SMILES string of the molecule is CCCCC/C=C\C/C=C\C/C=C\CCCCCCCCC(=O)OC(COC(=O)CCCCCCCCCCCCCCCCCCCCC)COP(=O)(O)OCC(CO)OC(=O)CCCCCCCCCCCCC. The van der Waals surface area contributed by atoms with Gasteiger partial charge in [-0.2, -0.15) is 0 Å². The maximum Gasteiger partial charge on any atom is 0.472 e. The quantitative estimate of drug-likeness (QED) is 0.0197. The second kappa shape index (κ2) is 58.8. The van der Waals surface area contributed by atoms with Crippen LogP contribution in [0.4, 0.5) is 0 Å². The maximum atomic E-state index is 12.9. The topological polar surface area (TPSA) is 155 Å². The van der Waals surface area contributed by atoms with E-state index >= 15 is 0 Å². The minimum Gasteiger partial charge on any atom is -0.462 e. The van der Waals surface area contributed by atoms with Crippen LogP contribution in [-0.2, 0) is 42.2 Å². The molecule has 11 nitrogen and oxygen atoms in total. The standard InChI is InChI=1S/C64H119O11P/c1-4-7-10-13-16-19-22-24-26-28-30-32-34-36-39-41-44-47-50-53-62(66)71-57-61(75-64(68)55-52-49-46-43-40-37-35-33-31-29-27-25-23-20-17-14-11-8-5-2)59-73-76(69,70)72-58-60(56-65)74-63(67)54-51-48-45-42-38-21-18-15-12-9-6-3/h17,20,25,27,31,33,60-61,65H,4-16,18-19,21-24,26,28-30,32,34-59H2,1-3H3,(H,69,70)/b20-17-,27-25-,33-31-. The number of carbonyl (C=O) groups excluding carboxylic acids is 3. The predicted octanol–water partition coefficient (Wildman–Crippen LogP) is 19.2. The number of aliphatic hydroxyl groups is 1. The van der Waals surface area contributed by atoms with E-state index in [-0.39, 0.29) is 25.9 Å². The molecule has 0 amide bonds. The van der Waals surface area contributed by atoms with E-state index < -0.39 is 57.8 Å². The summed E-state index contributed by atoms with van der Waals surface area (Å²) in [5.74, 6) is -1.45. The van der Waals surface area contributed by atoms with Crippen LogP contribution in [0, 0.1) is 0 Å². The summed E-state index contributed by atoms with van der Waals surface area (Å²) in [6.45, 7) is 4.66. The minimum atomic E-state index is -4.75. The highest BCUT2D eigenvalue weighted by Crippen LogP contribution is 2.43. The van der Waals surface area contributed by atoms with Gasteiger partial charge in [-0.1, -0.05) is 276 Å². The number of phosphoric ester groups is 1. The van der Waals surface area contributed by atoms with Crippen molar-refractivity contribution in [2.24, 2.45) is 0 Å².